The predicted octanol–water partition coefficient (Wildman–Crippen LogP) is 2.67. The second kappa shape index (κ2) is 4.72. The minimum absolute atomic E-state index is 0.0494. The Balaban J connectivity index is 2.26. The number of aromatic nitrogens is 3. The average Bonchev–Trinajstić information content (AvgIpc) is 2.79. The second-order valence-electron chi connectivity index (χ2n) is 4.56. The summed E-state index contributed by atoms with van der Waals surface area (Å²) in [7, 11) is 0. The van der Waals surface area contributed by atoms with Gasteiger partial charge >= 0.3 is 0 Å². The summed E-state index contributed by atoms with van der Waals surface area (Å²) in [5, 5.41) is 3.85. The first kappa shape index (κ1) is 11.7. The molecule has 19 heavy (non-hydrogen) atoms. The lowest BCUT2D eigenvalue weighted by molar-refractivity contribution is 0.855. The Morgan fingerprint density at radius 1 is 1.21 bits per heavy atom. The maximum Gasteiger partial charge on any atom is 0.280 e. The highest BCUT2D eigenvalue weighted by atomic mass is 16.1. The van der Waals surface area contributed by atoms with E-state index in [1.54, 1.807) is 10.9 Å². The molecule has 1 N–H and O–H groups in total. The molecule has 0 saturated heterocycles. The van der Waals surface area contributed by atoms with E-state index in [1.807, 2.05) is 36.5 Å². The summed E-state index contributed by atoms with van der Waals surface area (Å²) in [4.78, 5) is 16.5. The number of nitrogens with one attached hydrogen (secondary N) is 1. The van der Waals surface area contributed by atoms with Crippen LogP contribution < -0.4 is 5.56 Å². The number of nitrogens with zero attached hydrogens (tertiary/aromatic N) is 2. The summed E-state index contributed by atoms with van der Waals surface area (Å²) < 4.78 is 1.57. The van der Waals surface area contributed by atoms with E-state index in [9.17, 15) is 4.79 Å². The van der Waals surface area contributed by atoms with Gasteiger partial charge in [-0.25, -0.2) is 4.68 Å². The predicted molar refractivity (Wildman–Crippen MR) is 75.7 cm³/mol. The van der Waals surface area contributed by atoms with Crippen LogP contribution in [0.5, 0.6) is 0 Å². The summed E-state index contributed by atoms with van der Waals surface area (Å²) in [5.41, 5.74) is 2.77. The second-order valence-corrected chi connectivity index (χ2v) is 4.56. The monoisotopic (exact) mass is 253 g/mol. The number of fused-ring (bicyclic) bond motifs is 1. The van der Waals surface area contributed by atoms with E-state index >= 15 is 0 Å². The van der Waals surface area contributed by atoms with Gasteiger partial charge in [0.2, 0.25) is 0 Å². The molecule has 0 radical (unpaired) electrons. The van der Waals surface area contributed by atoms with E-state index in [1.165, 1.54) is 0 Å². The van der Waals surface area contributed by atoms with Crippen molar-refractivity contribution >= 4 is 10.9 Å². The topological polar surface area (TPSA) is 50.7 Å². The van der Waals surface area contributed by atoms with Crippen LogP contribution in [0.1, 0.15) is 18.9 Å². The zero-order valence-corrected chi connectivity index (χ0v) is 10.8. The Labute approximate surface area is 110 Å². The molecule has 0 saturated carbocycles. The zero-order valence-electron chi connectivity index (χ0n) is 10.8. The highest BCUT2D eigenvalue weighted by molar-refractivity contribution is 5.80. The molecule has 4 heteroatoms. The van der Waals surface area contributed by atoms with E-state index in [-0.39, 0.29) is 5.56 Å². The van der Waals surface area contributed by atoms with Gasteiger partial charge in [-0.2, -0.15) is 0 Å². The number of rotatable bonds is 3. The normalized spacial score (nSPS) is 11.0. The average molecular weight is 253 g/mol. The molecule has 2 aromatic heterocycles. The molecule has 0 unspecified atom stereocenters. The number of aryl methyl sites for hydroxylation is 1. The molecule has 0 amide bonds. The lowest BCUT2D eigenvalue weighted by Crippen LogP contribution is -2.13. The van der Waals surface area contributed by atoms with Crippen LogP contribution in [0.4, 0.5) is 0 Å². The molecule has 0 fully saturated rings. The number of H-pyrrole nitrogens is 1. The standard InChI is InChI=1S/C15H15N3O/c1-2-6-11-9-16-10-13-14(11)17-18(15(13)19)12-7-4-3-5-8-12/h3-5,7-10,17H,2,6H2,1H3. The molecular formula is C15H15N3O. The third-order valence-corrected chi connectivity index (χ3v) is 3.22. The third-order valence-electron chi connectivity index (χ3n) is 3.22. The van der Waals surface area contributed by atoms with Gasteiger partial charge in [-0.05, 0) is 24.1 Å². The maximum atomic E-state index is 12.4. The molecule has 2 heterocycles. The van der Waals surface area contributed by atoms with Gasteiger partial charge in [-0.15, -0.1) is 0 Å². The van der Waals surface area contributed by atoms with E-state index in [0.717, 1.165) is 29.6 Å². The number of pyridine rings is 1. The van der Waals surface area contributed by atoms with Crippen LogP contribution in [0.3, 0.4) is 0 Å². The van der Waals surface area contributed by atoms with Crippen LogP contribution in [-0.2, 0) is 6.42 Å². The first-order valence-electron chi connectivity index (χ1n) is 6.44. The van der Waals surface area contributed by atoms with Gasteiger partial charge in [0.25, 0.3) is 5.56 Å². The Morgan fingerprint density at radius 3 is 2.74 bits per heavy atom. The molecule has 4 nitrogen and oxygen atoms in total. The van der Waals surface area contributed by atoms with E-state index in [0.29, 0.717) is 5.39 Å². The Morgan fingerprint density at radius 2 is 2.00 bits per heavy atom. The third kappa shape index (κ3) is 1.95. The van der Waals surface area contributed by atoms with Crippen molar-refractivity contribution < 1.29 is 0 Å². The molecule has 0 spiro atoms. The van der Waals surface area contributed by atoms with E-state index < -0.39 is 0 Å². The molecule has 0 aliphatic heterocycles. The number of hydrogen-bond acceptors (Lipinski definition) is 2. The summed E-state index contributed by atoms with van der Waals surface area (Å²) >= 11 is 0. The zero-order chi connectivity index (χ0) is 13.2. The van der Waals surface area contributed by atoms with Gasteiger partial charge < -0.3 is 0 Å². The molecular weight excluding hydrogens is 238 g/mol. The quantitative estimate of drug-likeness (QED) is 0.780. The van der Waals surface area contributed by atoms with Crippen molar-refractivity contribution in [3.63, 3.8) is 0 Å². The summed E-state index contributed by atoms with van der Waals surface area (Å²) in [6.07, 6.45) is 5.41. The molecule has 0 aliphatic rings. The smallest absolute Gasteiger partial charge is 0.280 e. The summed E-state index contributed by atoms with van der Waals surface area (Å²) in [5.74, 6) is 0. The summed E-state index contributed by atoms with van der Waals surface area (Å²) in [6.45, 7) is 2.12. The van der Waals surface area contributed by atoms with Crippen LogP contribution >= 0.6 is 0 Å². The van der Waals surface area contributed by atoms with Crippen LogP contribution in [-0.4, -0.2) is 14.8 Å². The van der Waals surface area contributed by atoms with Crippen molar-refractivity contribution in [1.82, 2.24) is 14.8 Å². The van der Waals surface area contributed by atoms with Crippen molar-refractivity contribution in [3.05, 3.63) is 58.6 Å². The van der Waals surface area contributed by atoms with Gasteiger partial charge in [-0.1, -0.05) is 31.5 Å². The largest absolute Gasteiger partial charge is 0.290 e. The van der Waals surface area contributed by atoms with Gasteiger partial charge in [0.15, 0.2) is 0 Å². The van der Waals surface area contributed by atoms with Crippen LogP contribution in [0.15, 0.2) is 47.5 Å². The van der Waals surface area contributed by atoms with E-state index in [2.05, 4.69) is 17.0 Å². The molecule has 1 aromatic carbocycles. The molecule has 3 aromatic rings. The number of para-hydroxylation sites is 1. The Kier molecular flexibility index (Phi) is 2.91. The van der Waals surface area contributed by atoms with Crippen molar-refractivity contribution in [2.24, 2.45) is 0 Å². The van der Waals surface area contributed by atoms with Crippen molar-refractivity contribution in [2.45, 2.75) is 19.8 Å². The fourth-order valence-corrected chi connectivity index (χ4v) is 2.30. The molecule has 96 valence electrons. The first-order valence-corrected chi connectivity index (χ1v) is 6.44. The Hall–Kier alpha value is -2.36. The minimum Gasteiger partial charge on any atom is -0.290 e. The maximum absolute atomic E-state index is 12.4. The molecule has 0 bridgehead atoms. The first-order chi connectivity index (χ1) is 9.31. The van der Waals surface area contributed by atoms with Crippen molar-refractivity contribution in [2.75, 3.05) is 0 Å². The van der Waals surface area contributed by atoms with Gasteiger partial charge in [-0.3, -0.25) is 14.9 Å². The number of aromatic amines is 1. The fraction of sp³-hybridized carbons (Fsp3) is 0.200. The van der Waals surface area contributed by atoms with Crippen LogP contribution in [0.2, 0.25) is 0 Å². The Bertz CT molecular complexity index is 756. The van der Waals surface area contributed by atoms with Crippen LogP contribution in [0.25, 0.3) is 16.6 Å². The van der Waals surface area contributed by atoms with E-state index in [4.69, 9.17) is 0 Å². The lowest BCUT2D eigenvalue weighted by atomic mass is 10.1. The van der Waals surface area contributed by atoms with Gasteiger partial charge in [0.1, 0.15) is 0 Å². The van der Waals surface area contributed by atoms with Gasteiger partial charge in [0.05, 0.1) is 16.6 Å². The molecule has 0 atom stereocenters. The SMILES string of the molecule is CCCc1cncc2c(=O)n(-c3ccccc3)[nH]c12. The summed E-state index contributed by atoms with van der Waals surface area (Å²) in [6, 6.07) is 9.58. The number of hydrogen-bond donors (Lipinski definition) is 1. The minimum atomic E-state index is -0.0494. The van der Waals surface area contributed by atoms with Crippen molar-refractivity contribution in [1.29, 1.82) is 0 Å². The molecule has 3 rings (SSSR count). The highest BCUT2D eigenvalue weighted by Gasteiger charge is 2.11. The lowest BCUT2D eigenvalue weighted by Gasteiger charge is -2.01. The van der Waals surface area contributed by atoms with Gasteiger partial charge in [0, 0.05) is 12.4 Å². The fourth-order valence-electron chi connectivity index (χ4n) is 2.30. The molecule has 0 aliphatic carbocycles. The number of benzene rings is 1. The van der Waals surface area contributed by atoms with Crippen molar-refractivity contribution in [3.8, 4) is 5.69 Å². The highest BCUT2D eigenvalue weighted by Crippen LogP contribution is 2.15. The van der Waals surface area contributed by atoms with Crippen LogP contribution in [0, 0.1) is 0 Å².